The van der Waals surface area contributed by atoms with Crippen molar-refractivity contribution in [2.24, 2.45) is 5.92 Å². The van der Waals surface area contributed by atoms with Crippen LogP contribution in [0.1, 0.15) is 26.2 Å². The van der Waals surface area contributed by atoms with Crippen molar-refractivity contribution in [3.63, 3.8) is 0 Å². The third-order valence-corrected chi connectivity index (χ3v) is 5.47. The van der Waals surface area contributed by atoms with Crippen molar-refractivity contribution >= 4 is 15.7 Å². The Morgan fingerprint density at radius 1 is 1.47 bits per heavy atom. The summed E-state index contributed by atoms with van der Waals surface area (Å²) in [6.07, 6.45) is 2.97. The predicted octanol–water partition coefficient (Wildman–Crippen LogP) is 2.22. The fourth-order valence-electron chi connectivity index (χ4n) is 2.55. The van der Waals surface area contributed by atoms with Crippen LogP contribution in [0.3, 0.4) is 0 Å². The lowest BCUT2D eigenvalue weighted by Gasteiger charge is -2.17. The van der Waals surface area contributed by atoms with Gasteiger partial charge in [-0.25, -0.2) is 12.8 Å². The van der Waals surface area contributed by atoms with Crippen LogP contribution >= 0.6 is 0 Å². The highest BCUT2D eigenvalue weighted by Crippen LogP contribution is 2.29. The summed E-state index contributed by atoms with van der Waals surface area (Å²) in [5, 5.41) is 0. The molecule has 1 aromatic rings. The molecule has 0 saturated carbocycles. The molecule has 0 amide bonds. The molecule has 1 aliphatic rings. The normalized spacial score (nSPS) is 20.8. The Kier molecular flexibility index (Phi) is 4.10. The summed E-state index contributed by atoms with van der Waals surface area (Å²) in [5.41, 5.74) is 5.59. The van der Waals surface area contributed by atoms with E-state index in [4.69, 9.17) is 5.73 Å². The Hall–Kier alpha value is -1.14. The van der Waals surface area contributed by atoms with Crippen molar-refractivity contribution in [1.29, 1.82) is 0 Å². The first-order valence-corrected chi connectivity index (χ1v) is 7.94. The average Bonchev–Trinajstić information content (AvgIpc) is 2.78. The Balaban J connectivity index is 2.23. The number of sulfonamides is 1. The maximum absolute atomic E-state index is 13.0. The number of nitrogens with two attached hydrogens (primary N) is 1. The van der Waals surface area contributed by atoms with Gasteiger partial charge in [0.05, 0.1) is 5.69 Å². The van der Waals surface area contributed by atoms with Crippen LogP contribution in [0.5, 0.6) is 0 Å². The zero-order chi connectivity index (χ0) is 14.0. The smallest absolute Gasteiger partial charge is 0.245 e. The van der Waals surface area contributed by atoms with Crippen molar-refractivity contribution in [2.45, 2.75) is 31.1 Å². The number of halogens is 1. The van der Waals surface area contributed by atoms with Crippen LogP contribution < -0.4 is 5.73 Å². The second-order valence-corrected chi connectivity index (χ2v) is 6.89. The molecule has 1 fully saturated rings. The second kappa shape index (κ2) is 5.46. The minimum Gasteiger partial charge on any atom is -0.398 e. The minimum absolute atomic E-state index is 0.00560. The molecule has 1 heterocycles. The standard InChI is InChI=1S/C13H19FN2O2S/c1-2-3-10-6-7-16(9-10)19(17,18)13-5-4-11(14)8-12(13)15/h4-5,8,10H,2-3,6-7,9,15H2,1H3. The van der Waals surface area contributed by atoms with Crippen molar-refractivity contribution < 1.29 is 12.8 Å². The van der Waals surface area contributed by atoms with E-state index in [1.807, 2.05) is 0 Å². The molecule has 1 unspecified atom stereocenters. The number of rotatable bonds is 4. The molecule has 0 aliphatic carbocycles. The van der Waals surface area contributed by atoms with Crippen LogP contribution in [0.15, 0.2) is 23.1 Å². The number of hydrogen-bond acceptors (Lipinski definition) is 3. The van der Waals surface area contributed by atoms with Crippen LogP contribution in [0.4, 0.5) is 10.1 Å². The second-order valence-electron chi connectivity index (χ2n) is 4.99. The SMILES string of the molecule is CCCC1CCN(S(=O)(=O)c2ccc(F)cc2N)C1. The molecule has 0 radical (unpaired) electrons. The minimum atomic E-state index is -3.60. The van der Waals surface area contributed by atoms with E-state index in [1.54, 1.807) is 0 Å². The molecular weight excluding hydrogens is 267 g/mol. The molecule has 2 rings (SSSR count). The monoisotopic (exact) mass is 286 g/mol. The fraction of sp³-hybridized carbons (Fsp3) is 0.538. The Morgan fingerprint density at radius 3 is 2.84 bits per heavy atom. The Labute approximate surface area is 113 Å². The first-order valence-electron chi connectivity index (χ1n) is 6.50. The largest absolute Gasteiger partial charge is 0.398 e. The molecule has 1 atom stereocenters. The molecule has 0 aromatic heterocycles. The molecule has 0 spiro atoms. The van der Waals surface area contributed by atoms with Crippen LogP contribution in [0.25, 0.3) is 0 Å². The van der Waals surface area contributed by atoms with Crippen LogP contribution in [0, 0.1) is 11.7 Å². The molecule has 19 heavy (non-hydrogen) atoms. The lowest BCUT2D eigenvalue weighted by Crippen LogP contribution is -2.29. The highest BCUT2D eigenvalue weighted by Gasteiger charge is 2.33. The predicted molar refractivity (Wildman–Crippen MR) is 72.6 cm³/mol. The molecule has 6 heteroatoms. The van der Waals surface area contributed by atoms with Crippen LogP contribution in [-0.4, -0.2) is 25.8 Å². The van der Waals surface area contributed by atoms with Gasteiger partial charge in [0.1, 0.15) is 10.7 Å². The van der Waals surface area contributed by atoms with E-state index in [0.717, 1.165) is 31.4 Å². The van der Waals surface area contributed by atoms with E-state index in [9.17, 15) is 12.8 Å². The molecule has 1 saturated heterocycles. The molecule has 1 aliphatic heterocycles. The summed E-state index contributed by atoms with van der Waals surface area (Å²) >= 11 is 0. The van der Waals surface area contributed by atoms with E-state index in [0.29, 0.717) is 19.0 Å². The molecule has 106 valence electrons. The van der Waals surface area contributed by atoms with Crippen molar-refractivity contribution in [1.82, 2.24) is 4.31 Å². The summed E-state index contributed by atoms with van der Waals surface area (Å²) < 4.78 is 39.3. The number of nitrogen functional groups attached to an aromatic ring is 1. The number of nitrogens with zero attached hydrogens (tertiary/aromatic N) is 1. The van der Waals surface area contributed by atoms with Gasteiger partial charge in [-0.05, 0) is 37.0 Å². The third-order valence-electron chi connectivity index (χ3n) is 3.54. The van der Waals surface area contributed by atoms with E-state index < -0.39 is 15.8 Å². The van der Waals surface area contributed by atoms with Crippen molar-refractivity contribution in [3.8, 4) is 0 Å². The zero-order valence-electron chi connectivity index (χ0n) is 11.0. The van der Waals surface area contributed by atoms with E-state index in [-0.39, 0.29) is 10.6 Å². The van der Waals surface area contributed by atoms with Gasteiger partial charge in [0.25, 0.3) is 0 Å². The van der Waals surface area contributed by atoms with E-state index in [2.05, 4.69) is 6.92 Å². The first-order chi connectivity index (χ1) is 8.95. The molecule has 4 nitrogen and oxygen atoms in total. The maximum Gasteiger partial charge on any atom is 0.245 e. The molecule has 1 aromatic carbocycles. The topological polar surface area (TPSA) is 63.4 Å². The van der Waals surface area contributed by atoms with Gasteiger partial charge < -0.3 is 5.73 Å². The van der Waals surface area contributed by atoms with Crippen LogP contribution in [-0.2, 0) is 10.0 Å². The van der Waals surface area contributed by atoms with E-state index >= 15 is 0 Å². The molecule has 2 N–H and O–H groups in total. The van der Waals surface area contributed by atoms with E-state index in [1.165, 1.54) is 10.4 Å². The third kappa shape index (κ3) is 2.90. The molecular formula is C13H19FN2O2S. The Morgan fingerprint density at radius 2 is 2.21 bits per heavy atom. The van der Waals surface area contributed by atoms with Gasteiger partial charge in [0.15, 0.2) is 0 Å². The van der Waals surface area contributed by atoms with Gasteiger partial charge in [-0.2, -0.15) is 4.31 Å². The summed E-state index contributed by atoms with van der Waals surface area (Å²) in [5.74, 6) is -0.108. The van der Waals surface area contributed by atoms with Gasteiger partial charge in [-0.15, -0.1) is 0 Å². The lowest BCUT2D eigenvalue weighted by molar-refractivity contribution is 0.445. The number of anilines is 1. The average molecular weight is 286 g/mol. The number of hydrogen-bond donors (Lipinski definition) is 1. The van der Waals surface area contributed by atoms with Gasteiger partial charge in [0.2, 0.25) is 10.0 Å². The highest BCUT2D eigenvalue weighted by molar-refractivity contribution is 7.89. The van der Waals surface area contributed by atoms with Crippen molar-refractivity contribution in [2.75, 3.05) is 18.8 Å². The summed E-state index contributed by atoms with van der Waals surface area (Å²) in [6.45, 7) is 3.14. The zero-order valence-corrected chi connectivity index (χ0v) is 11.8. The summed E-state index contributed by atoms with van der Waals surface area (Å²) in [6, 6.07) is 3.42. The summed E-state index contributed by atoms with van der Waals surface area (Å²) in [7, 11) is -3.60. The quantitative estimate of drug-likeness (QED) is 0.863. The molecule has 0 bridgehead atoms. The van der Waals surface area contributed by atoms with Gasteiger partial charge >= 0.3 is 0 Å². The van der Waals surface area contributed by atoms with Gasteiger partial charge in [-0.1, -0.05) is 13.3 Å². The first kappa shape index (κ1) is 14.3. The Bertz CT molecular complexity index is 560. The fourth-order valence-corrected chi connectivity index (χ4v) is 4.18. The van der Waals surface area contributed by atoms with Gasteiger partial charge in [-0.3, -0.25) is 0 Å². The lowest BCUT2D eigenvalue weighted by atomic mass is 10.0. The van der Waals surface area contributed by atoms with Crippen LogP contribution in [0.2, 0.25) is 0 Å². The summed E-state index contributed by atoms with van der Waals surface area (Å²) in [4.78, 5) is 0.00560. The van der Waals surface area contributed by atoms with Gasteiger partial charge in [0, 0.05) is 13.1 Å². The maximum atomic E-state index is 13.0. The number of benzene rings is 1. The van der Waals surface area contributed by atoms with Crippen molar-refractivity contribution in [3.05, 3.63) is 24.0 Å². The highest BCUT2D eigenvalue weighted by atomic mass is 32.2.